The minimum atomic E-state index is 1.02. The molecule has 0 heteroatoms. The normalized spacial score (nSPS) is 10.6. The molecule has 0 unspecified atom stereocenters. The van der Waals surface area contributed by atoms with Crippen LogP contribution in [0.2, 0.25) is 0 Å². The fraction of sp³-hybridized carbons (Fsp3) is 0.545. The van der Waals surface area contributed by atoms with Gasteiger partial charge in [0.05, 0.1) is 0 Å². The van der Waals surface area contributed by atoms with Crippen molar-refractivity contribution < 1.29 is 0 Å². The summed E-state index contributed by atoms with van der Waals surface area (Å²) in [5, 5.41) is 0. The maximum Gasteiger partial charge on any atom is -0.0351 e. The zero-order valence-electron chi connectivity index (χ0n) is 7.39. The lowest BCUT2D eigenvalue weighted by Crippen LogP contribution is -1.71. The summed E-state index contributed by atoms with van der Waals surface area (Å²) in [5.41, 5.74) is 0. The van der Waals surface area contributed by atoms with E-state index in [1.54, 1.807) is 0 Å². The summed E-state index contributed by atoms with van der Waals surface area (Å²) in [4.78, 5) is 0. The van der Waals surface area contributed by atoms with E-state index in [1.807, 2.05) is 6.08 Å². The Balaban J connectivity index is 2.94. The monoisotopic (exact) mass is 151 g/mol. The maximum atomic E-state index is 3.77. The van der Waals surface area contributed by atoms with Crippen LogP contribution >= 0.6 is 0 Å². The second kappa shape index (κ2) is 9.48. The molecule has 0 aromatic carbocycles. The first-order valence-corrected chi connectivity index (χ1v) is 4.47. The van der Waals surface area contributed by atoms with Gasteiger partial charge >= 0.3 is 0 Å². The van der Waals surface area contributed by atoms with Crippen LogP contribution in [-0.2, 0) is 0 Å². The van der Waals surface area contributed by atoms with Crippen LogP contribution in [0.1, 0.15) is 38.5 Å². The topological polar surface area (TPSA) is 0 Å². The molecule has 0 aromatic heterocycles. The molecule has 0 aromatic rings. The van der Waals surface area contributed by atoms with Crippen molar-refractivity contribution in [1.29, 1.82) is 0 Å². The molecule has 0 saturated carbocycles. The fourth-order valence-electron chi connectivity index (χ4n) is 0.904. The van der Waals surface area contributed by atoms with E-state index in [-0.39, 0.29) is 0 Å². The molecule has 0 N–H and O–H groups in total. The van der Waals surface area contributed by atoms with Gasteiger partial charge in [-0.2, -0.15) is 0 Å². The molecule has 0 spiro atoms. The Morgan fingerprint density at radius 3 is 2.18 bits per heavy atom. The zero-order valence-corrected chi connectivity index (χ0v) is 7.39. The van der Waals surface area contributed by atoms with Crippen molar-refractivity contribution in [2.45, 2.75) is 38.5 Å². The Morgan fingerprint density at radius 1 is 0.909 bits per heavy atom. The highest BCUT2D eigenvalue weighted by molar-refractivity contribution is 4.81. The van der Waals surface area contributed by atoms with Crippen LogP contribution in [-0.4, -0.2) is 0 Å². The minimum absolute atomic E-state index is 1.02. The molecule has 0 amide bonds. The fourth-order valence-corrected chi connectivity index (χ4v) is 0.904. The molecule has 0 bridgehead atoms. The van der Waals surface area contributed by atoms with E-state index in [1.165, 1.54) is 19.3 Å². The Labute approximate surface area is 71.0 Å². The van der Waals surface area contributed by atoms with Gasteiger partial charge in [0.1, 0.15) is 0 Å². The summed E-state index contributed by atoms with van der Waals surface area (Å²) < 4.78 is 0. The Hall–Kier alpha value is -0.520. The van der Waals surface area contributed by atoms with Crippen LogP contribution in [0.5, 0.6) is 0 Å². The molecule has 0 aliphatic carbocycles. The quantitative estimate of drug-likeness (QED) is 0.382. The molecular formula is C11H19. The smallest absolute Gasteiger partial charge is 0.0351 e. The predicted molar refractivity (Wildman–Crippen MR) is 52.4 cm³/mol. The molecule has 0 nitrogen and oxygen atoms in total. The van der Waals surface area contributed by atoms with E-state index in [2.05, 4.69) is 25.7 Å². The zero-order chi connectivity index (χ0) is 8.36. The van der Waals surface area contributed by atoms with Crippen molar-refractivity contribution in [2.24, 2.45) is 0 Å². The van der Waals surface area contributed by atoms with E-state index < -0.39 is 0 Å². The lowest BCUT2D eigenvalue weighted by Gasteiger charge is -1.91. The van der Waals surface area contributed by atoms with Gasteiger partial charge in [0.25, 0.3) is 0 Å². The van der Waals surface area contributed by atoms with E-state index in [0.29, 0.717) is 0 Å². The van der Waals surface area contributed by atoms with Crippen LogP contribution in [0.4, 0.5) is 0 Å². The highest BCUT2D eigenvalue weighted by Gasteiger charge is 1.81. The highest BCUT2D eigenvalue weighted by atomic mass is 13.9. The summed E-state index contributed by atoms with van der Waals surface area (Å²) in [6, 6.07) is 0. The number of rotatable bonds is 7. The van der Waals surface area contributed by atoms with Gasteiger partial charge in [-0.1, -0.05) is 25.2 Å². The van der Waals surface area contributed by atoms with Gasteiger partial charge in [0, 0.05) is 0 Å². The first kappa shape index (κ1) is 10.5. The Kier molecular flexibility index (Phi) is 9.03. The molecule has 0 heterocycles. The van der Waals surface area contributed by atoms with Crippen molar-refractivity contribution in [2.75, 3.05) is 0 Å². The SMILES string of the molecule is [CH2]CCC=CCCCCC=C. The molecule has 0 saturated heterocycles. The first-order valence-electron chi connectivity index (χ1n) is 4.47. The van der Waals surface area contributed by atoms with Crippen molar-refractivity contribution in [3.63, 3.8) is 0 Å². The number of allylic oxidation sites excluding steroid dienone is 3. The van der Waals surface area contributed by atoms with Crippen molar-refractivity contribution in [1.82, 2.24) is 0 Å². The highest BCUT2D eigenvalue weighted by Crippen LogP contribution is 2.01. The number of unbranched alkanes of at least 4 members (excludes halogenated alkanes) is 4. The van der Waals surface area contributed by atoms with Crippen molar-refractivity contribution >= 4 is 0 Å². The largest absolute Gasteiger partial charge is 0.103 e. The molecule has 0 atom stereocenters. The molecule has 0 aliphatic heterocycles. The molecule has 1 radical (unpaired) electrons. The minimum Gasteiger partial charge on any atom is -0.103 e. The Bertz CT molecular complexity index is 101. The van der Waals surface area contributed by atoms with Gasteiger partial charge in [0.15, 0.2) is 0 Å². The molecule has 0 aliphatic rings. The van der Waals surface area contributed by atoms with Gasteiger partial charge in [-0.3, -0.25) is 0 Å². The Morgan fingerprint density at radius 2 is 1.55 bits per heavy atom. The molecular weight excluding hydrogens is 132 g/mol. The molecule has 0 rings (SSSR count). The van der Waals surface area contributed by atoms with Crippen molar-refractivity contribution in [3.05, 3.63) is 31.7 Å². The average molecular weight is 151 g/mol. The number of hydrogen-bond donors (Lipinski definition) is 0. The van der Waals surface area contributed by atoms with Gasteiger partial charge in [-0.25, -0.2) is 0 Å². The second-order valence-electron chi connectivity index (χ2n) is 2.69. The van der Waals surface area contributed by atoms with E-state index >= 15 is 0 Å². The van der Waals surface area contributed by atoms with E-state index in [0.717, 1.165) is 19.3 Å². The first-order chi connectivity index (χ1) is 5.41. The second-order valence-corrected chi connectivity index (χ2v) is 2.69. The van der Waals surface area contributed by atoms with Gasteiger partial charge in [-0.05, 0) is 38.5 Å². The predicted octanol–water partition coefficient (Wildman–Crippen LogP) is 3.90. The third-order valence-corrected chi connectivity index (χ3v) is 1.57. The average Bonchev–Trinajstić information content (AvgIpc) is 2.03. The standard InChI is InChI=1S/C11H19/c1-3-5-7-9-11-10-8-6-4-2/h3,8,10H,1-2,4-7,9,11H2. The van der Waals surface area contributed by atoms with Gasteiger partial charge in [0.2, 0.25) is 0 Å². The lowest BCUT2D eigenvalue weighted by atomic mass is 10.2. The van der Waals surface area contributed by atoms with Crippen LogP contribution in [0, 0.1) is 6.92 Å². The van der Waals surface area contributed by atoms with Crippen LogP contribution in [0.25, 0.3) is 0 Å². The van der Waals surface area contributed by atoms with Gasteiger partial charge < -0.3 is 0 Å². The van der Waals surface area contributed by atoms with Gasteiger partial charge in [-0.15, -0.1) is 6.58 Å². The van der Waals surface area contributed by atoms with Crippen LogP contribution < -0.4 is 0 Å². The summed E-state index contributed by atoms with van der Waals surface area (Å²) in [6.07, 6.45) is 13.5. The summed E-state index contributed by atoms with van der Waals surface area (Å²) in [7, 11) is 0. The summed E-state index contributed by atoms with van der Waals surface area (Å²) in [5.74, 6) is 0. The molecule has 11 heavy (non-hydrogen) atoms. The molecule has 63 valence electrons. The third-order valence-electron chi connectivity index (χ3n) is 1.57. The summed E-state index contributed by atoms with van der Waals surface area (Å²) >= 11 is 0. The summed E-state index contributed by atoms with van der Waals surface area (Å²) in [6.45, 7) is 7.45. The lowest BCUT2D eigenvalue weighted by molar-refractivity contribution is 0.761. The van der Waals surface area contributed by atoms with Crippen molar-refractivity contribution in [3.8, 4) is 0 Å². The molecule has 0 fully saturated rings. The van der Waals surface area contributed by atoms with E-state index in [9.17, 15) is 0 Å². The van der Waals surface area contributed by atoms with Crippen LogP contribution in [0.15, 0.2) is 24.8 Å². The maximum absolute atomic E-state index is 3.77. The van der Waals surface area contributed by atoms with E-state index in [4.69, 9.17) is 0 Å². The van der Waals surface area contributed by atoms with Crippen LogP contribution in [0.3, 0.4) is 0 Å². The number of hydrogen-bond acceptors (Lipinski definition) is 0. The third kappa shape index (κ3) is 9.48.